The highest BCUT2D eigenvalue weighted by molar-refractivity contribution is 9.10. The van der Waals surface area contributed by atoms with E-state index in [4.69, 9.17) is 14.8 Å². The molecule has 1 N–H and O–H groups in total. The Morgan fingerprint density at radius 3 is 2.41 bits per heavy atom. The van der Waals surface area contributed by atoms with Crippen molar-refractivity contribution in [3.63, 3.8) is 0 Å². The minimum absolute atomic E-state index is 0.00146. The van der Waals surface area contributed by atoms with Gasteiger partial charge in [-0.15, -0.1) is 0 Å². The molecule has 0 spiro atoms. The van der Waals surface area contributed by atoms with Crippen molar-refractivity contribution in [1.29, 1.82) is 0 Å². The molecule has 1 aliphatic rings. The number of benzene rings is 3. The third-order valence-corrected chi connectivity index (χ3v) is 5.53. The van der Waals surface area contributed by atoms with E-state index in [1.807, 2.05) is 19.9 Å². The second kappa shape index (κ2) is 8.39. The van der Waals surface area contributed by atoms with Crippen molar-refractivity contribution in [3.05, 3.63) is 87.4 Å². The highest BCUT2D eigenvalue weighted by Gasteiger charge is 2.23. The van der Waals surface area contributed by atoms with Crippen molar-refractivity contribution in [3.8, 4) is 5.75 Å². The van der Waals surface area contributed by atoms with Gasteiger partial charge in [-0.1, -0.05) is 34.1 Å². The van der Waals surface area contributed by atoms with Gasteiger partial charge in [0.05, 0.1) is 18.8 Å². The molecule has 5 heteroatoms. The lowest BCUT2D eigenvalue weighted by Crippen LogP contribution is -2.33. The van der Waals surface area contributed by atoms with Gasteiger partial charge in [-0.05, 0) is 73.0 Å². The zero-order valence-electron chi connectivity index (χ0n) is 16.5. The molecule has 0 bridgehead atoms. The van der Waals surface area contributed by atoms with Gasteiger partial charge in [0, 0.05) is 15.7 Å². The molecular weight excluding hydrogens is 428 g/mol. The molecule has 0 saturated heterocycles. The number of aliphatic hydroxyl groups excluding tert-OH is 1. The molecule has 1 aliphatic heterocycles. The molecule has 3 aromatic carbocycles. The summed E-state index contributed by atoms with van der Waals surface area (Å²) in [5.74, 6) is 1.75. The molecule has 1 heterocycles. The topological polar surface area (TPSA) is 45.1 Å². The Kier molecular flexibility index (Phi) is 5.69. The summed E-state index contributed by atoms with van der Waals surface area (Å²) in [6, 6.07) is 20.8. The van der Waals surface area contributed by atoms with Crippen LogP contribution < -0.4 is 9.64 Å². The Balaban J connectivity index is 1.81. The number of fused-ring (bicyclic) bond motifs is 1. The Labute approximate surface area is 179 Å². The number of halogens is 1. The summed E-state index contributed by atoms with van der Waals surface area (Å²) in [6.45, 7) is 5.12. The minimum atomic E-state index is 0.00146. The first-order chi connectivity index (χ1) is 14.1. The molecule has 4 rings (SSSR count). The number of ether oxygens (including phenoxy) is 1. The summed E-state index contributed by atoms with van der Waals surface area (Å²) in [5, 5.41) is 9.09. The van der Waals surface area contributed by atoms with Gasteiger partial charge in [0.1, 0.15) is 18.2 Å². The average molecular weight is 451 g/mol. The number of para-hydroxylation sites is 1. The summed E-state index contributed by atoms with van der Waals surface area (Å²) in [6.07, 6.45) is 0. The van der Waals surface area contributed by atoms with E-state index in [2.05, 4.69) is 75.4 Å². The van der Waals surface area contributed by atoms with Crippen LogP contribution in [-0.4, -0.2) is 24.2 Å². The number of amidine groups is 1. The summed E-state index contributed by atoms with van der Waals surface area (Å²) in [7, 11) is 0. The molecule has 29 heavy (non-hydrogen) atoms. The van der Waals surface area contributed by atoms with Crippen molar-refractivity contribution in [2.45, 2.75) is 20.4 Å². The maximum Gasteiger partial charge on any atom is 0.141 e. The van der Waals surface area contributed by atoms with E-state index in [1.54, 1.807) is 0 Å². The highest BCUT2D eigenvalue weighted by Crippen LogP contribution is 2.34. The van der Waals surface area contributed by atoms with Crippen LogP contribution in [0.4, 0.5) is 11.4 Å². The van der Waals surface area contributed by atoms with Gasteiger partial charge >= 0.3 is 0 Å². The van der Waals surface area contributed by atoms with E-state index in [0.29, 0.717) is 6.61 Å². The Hall–Kier alpha value is -2.63. The number of aliphatic hydroxyl groups is 1. The molecule has 0 fully saturated rings. The van der Waals surface area contributed by atoms with E-state index in [0.717, 1.165) is 50.7 Å². The quantitative estimate of drug-likeness (QED) is 0.555. The predicted octanol–water partition coefficient (Wildman–Crippen LogP) is 5.54. The van der Waals surface area contributed by atoms with Crippen molar-refractivity contribution >= 4 is 33.1 Å². The summed E-state index contributed by atoms with van der Waals surface area (Å²) in [5.41, 5.74) is 6.42. The second-order valence-electron chi connectivity index (χ2n) is 7.14. The highest BCUT2D eigenvalue weighted by atomic mass is 79.9. The zero-order valence-corrected chi connectivity index (χ0v) is 18.1. The van der Waals surface area contributed by atoms with Crippen molar-refractivity contribution in [1.82, 2.24) is 0 Å². The van der Waals surface area contributed by atoms with Crippen LogP contribution in [0, 0.1) is 13.8 Å². The fraction of sp³-hybridized carbons (Fsp3) is 0.208. The molecule has 0 unspecified atom stereocenters. The predicted molar refractivity (Wildman–Crippen MR) is 121 cm³/mol. The lowest BCUT2D eigenvalue weighted by atomic mass is 10.0. The summed E-state index contributed by atoms with van der Waals surface area (Å²) >= 11 is 3.52. The fourth-order valence-corrected chi connectivity index (χ4v) is 3.95. The monoisotopic (exact) mass is 450 g/mol. The van der Waals surface area contributed by atoms with Crippen LogP contribution in [0.5, 0.6) is 5.75 Å². The summed E-state index contributed by atoms with van der Waals surface area (Å²) < 4.78 is 6.78. The standard InChI is InChI=1S/C24H23BrN2O2/c1-16-13-19(14-17(2)23(16)29-12-11-28)24-26-22-6-4-3-5-18(22)15-27(24)21-9-7-20(25)8-10-21/h3-10,13-14,28H,11-12,15H2,1-2H3. The smallest absolute Gasteiger partial charge is 0.141 e. The van der Waals surface area contributed by atoms with Gasteiger partial charge in [-0.25, -0.2) is 4.99 Å². The molecule has 0 radical (unpaired) electrons. The van der Waals surface area contributed by atoms with Gasteiger partial charge in [0.25, 0.3) is 0 Å². The first kappa shape index (κ1) is 19.7. The van der Waals surface area contributed by atoms with Gasteiger partial charge in [0.2, 0.25) is 0 Å². The maximum atomic E-state index is 9.09. The Morgan fingerprint density at radius 2 is 1.72 bits per heavy atom. The summed E-state index contributed by atoms with van der Waals surface area (Å²) in [4.78, 5) is 7.27. The largest absolute Gasteiger partial charge is 0.491 e. The van der Waals surface area contributed by atoms with E-state index in [9.17, 15) is 0 Å². The zero-order chi connectivity index (χ0) is 20.4. The second-order valence-corrected chi connectivity index (χ2v) is 8.05. The van der Waals surface area contributed by atoms with Crippen LogP contribution in [0.3, 0.4) is 0 Å². The van der Waals surface area contributed by atoms with E-state index < -0.39 is 0 Å². The fourth-order valence-electron chi connectivity index (χ4n) is 3.68. The van der Waals surface area contributed by atoms with Crippen LogP contribution in [0.15, 0.2) is 70.1 Å². The number of nitrogens with zero attached hydrogens (tertiary/aromatic N) is 2. The molecule has 148 valence electrons. The van der Waals surface area contributed by atoms with Crippen LogP contribution in [0.25, 0.3) is 0 Å². The molecule has 0 atom stereocenters. The maximum absolute atomic E-state index is 9.09. The van der Waals surface area contributed by atoms with Crippen LogP contribution >= 0.6 is 15.9 Å². The number of hydrogen-bond donors (Lipinski definition) is 1. The van der Waals surface area contributed by atoms with Gasteiger partial charge < -0.3 is 14.7 Å². The number of hydrogen-bond acceptors (Lipinski definition) is 4. The first-order valence-electron chi connectivity index (χ1n) is 9.62. The number of rotatable bonds is 5. The molecule has 0 aliphatic carbocycles. The van der Waals surface area contributed by atoms with E-state index in [-0.39, 0.29) is 6.61 Å². The van der Waals surface area contributed by atoms with E-state index in [1.165, 1.54) is 5.56 Å². The van der Waals surface area contributed by atoms with Gasteiger partial charge in [-0.3, -0.25) is 0 Å². The lowest BCUT2D eigenvalue weighted by Gasteiger charge is -2.31. The molecule has 0 saturated carbocycles. The first-order valence-corrected chi connectivity index (χ1v) is 10.4. The van der Waals surface area contributed by atoms with Crippen LogP contribution in [0.2, 0.25) is 0 Å². The van der Waals surface area contributed by atoms with Crippen molar-refractivity contribution in [2.75, 3.05) is 18.1 Å². The number of aryl methyl sites for hydroxylation is 2. The molecule has 4 nitrogen and oxygen atoms in total. The van der Waals surface area contributed by atoms with Gasteiger partial charge in [0.15, 0.2) is 0 Å². The van der Waals surface area contributed by atoms with Crippen LogP contribution in [0.1, 0.15) is 22.3 Å². The lowest BCUT2D eigenvalue weighted by molar-refractivity contribution is 0.200. The molecule has 3 aromatic rings. The number of anilines is 1. The van der Waals surface area contributed by atoms with Crippen LogP contribution in [-0.2, 0) is 6.54 Å². The third kappa shape index (κ3) is 4.07. The number of aliphatic imine (C=N–C) groups is 1. The molecule has 0 aromatic heterocycles. The van der Waals surface area contributed by atoms with E-state index >= 15 is 0 Å². The minimum Gasteiger partial charge on any atom is -0.491 e. The Morgan fingerprint density at radius 1 is 1.03 bits per heavy atom. The van der Waals surface area contributed by atoms with Crippen molar-refractivity contribution in [2.24, 2.45) is 4.99 Å². The van der Waals surface area contributed by atoms with Gasteiger partial charge in [-0.2, -0.15) is 0 Å². The molecular formula is C24H23BrN2O2. The average Bonchev–Trinajstić information content (AvgIpc) is 2.73. The Bertz CT molecular complexity index is 1040. The molecule has 0 amide bonds. The third-order valence-electron chi connectivity index (χ3n) is 5.00. The van der Waals surface area contributed by atoms with Crippen molar-refractivity contribution < 1.29 is 9.84 Å². The SMILES string of the molecule is Cc1cc(C2=Nc3ccccc3CN2c2ccc(Br)cc2)cc(C)c1OCCO. The normalized spacial score (nSPS) is 13.1.